The highest BCUT2D eigenvalue weighted by Gasteiger charge is 2.49. The van der Waals surface area contributed by atoms with E-state index in [0.29, 0.717) is 5.69 Å². The van der Waals surface area contributed by atoms with Crippen LogP contribution < -0.4 is 10.6 Å². The number of amides is 3. The molecule has 1 aromatic carbocycles. The number of alkyl halides is 3. The molecule has 4 atom stereocenters. The third kappa shape index (κ3) is 8.69. The van der Waals surface area contributed by atoms with E-state index < -0.39 is 60.4 Å². The molecule has 1 saturated heterocycles. The van der Waals surface area contributed by atoms with Gasteiger partial charge in [-0.2, -0.15) is 18.3 Å². The number of morpholine rings is 1. The SMILES string of the molecule is CC1CN(C(=O)[C@@H](C)c2ccc(NC(=O)[C@@H](NC(=O)c3ccnn3C(C)C)C(C3CCCCC3)C3CCCCC3)c(F)c2)C(C(F)(F)F)CO1. The minimum Gasteiger partial charge on any atom is -0.374 e. The normalized spacial score (nSPS) is 22.4. The van der Waals surface area contributed by atoms with Crippen LogP contribution in [0.3, 0.4) is 0 Å². The summed E-state index contributed by atoms with van der Waals surface area (Å²) in [6.07, 6.45) is 6.58. The van der Waals surface area contributed by atoms with Crippen molar-refractivity contribution in [3.8, 4) is 0 Å². The van der Waals surface area contributed by atoms with Crippen molar-refractivity contribution in [2.24, 2.45) is 17.8 Å². The Hall–Kier alpha value is -3.48. The Balaban J connectivity index is 1.41. The zero-order valence-corrected chi connectivity index (χ0v) is 29.5. The maximum Gasteiger partial charge on any atom is 0.411 e. The van der Waals surface area contributed by atoms with Gasteiger partial charge in [-0.1, -0.05) is 70.3 Å². The third-order valence-electron chi connectivity index (χ3n) is 10.9. The van der Waals surface area contributed by atoms with E-state index in [-0.39, 0.29) is 41.6 Å². The molecule has 2 N–H and O–H groups in total. The molecule has 276 valence electrons. The Labute approximate surface area is 291 Å². The predicted molar refractivity (Wildman–Crippen MR) is 181 cm³/mol. The minimum atomic E-state index is -4.68. The number of benzene rings is 1. The first kappa shape index (κ1) is 37.8. The summed E-state index contributed by atoms with van der Waals surface area (Å²) in [5.74, 6) is -3.35. The highest BCUT2D eigenvalue weighted by atomic mass is 19.4. The molecule has 1 aliphatic heterocycles. The number of nitrogens with zero attached hydrogens (tertiary/aromatic N) is 3. The highest BCUT2D eigenvalue weighted by molar-refractivity contribution is 6.01. The highest BCUT2D eigenvalue weighted by Crippen LogP contribution is 2.42. The summed E-state index contributed by atoms with van der Waals surface area (Å²) in [6.45, 7) is 5.96. The van der Waals surface area contributed by atoms with Gasteiger partial charge in [0.1, 0.15) is 17.6 Å². The molecule has 50 heavy (non-hydrogen) atoms. The van der Waals surface area contributed by atoms with Crippen molar-refractivity contribution in [1.82, 2.24) is 20.0 Å². The number of aromatic nitrogens is 2. The van der Waals surface area contributed by atoms with Crippen LogP contribution in [0.15, 0.2) is 30.5 Å². The number of hydrogen-bond donors (Lipinski definition) is 2. The van der Waals surface area contributed by atoms with Crippen molar-refractivity contribution in [3.63, 3.8) is 0 Å². The van der Waals surface area contributed by atoms with Crippen LogP contribution in [0.2, 0.25) is 0 Å². The van der Waals surface area contributed by atoms with Gasteiger partial charge in [0.05, 0.1) is 24.3 Å². The van der Waals surface area contributed by atoms with E-state index in [1.54, 1.807) is 23.9 Å². The largest absolute Gasteiger partial charge is 0.411 e. The van der Waals surface area contributed by atoms with Gasteiger partial charge in [0, 0.05) is 18.8 Å². The fourth-order valence-corrected chi connectivity index (χ4v) is 8.25. The number of ether oxygens (including phenoxy) is 1. The number of carbonyl (C=O) groups is 3. The molecule has 3 aliphatic rings. The maximum atomic E-state index is 15.8. The summed E-state index contributed by atoms with van der Waals surface area (Å²) in [7, 11) is 0. The van der Waals surface area contributed by atoms with E-state index in [9.17, 15) is 27.6 Å². The first-order valence-corrected chi connectivity index (χ1v) is 18.2. The van der Waals surface area contributed by atoms with Gasteiger partial charge in [0.15, 0.2) is 6.04 Å². The average molecular weight is 706 g/mol. The van der Waals surface area contributed by atoms with Crippen LogP contribution >= 0.6 is 0 Å². The predicted octanol–water partition coefficient (Wildman–Crippen LogP) is 7.40. The van der Waals surface area contributed by atoms with Gasteiger partial charge in [0.2, 0.25) is 11.8 Å². The number of halogens is 4. The van der Waals surface area contributed by atoms with Gasteiger partial charge < -0.3 is 20.3 Å². The van der Waals surface area contributed by atoms with Gasteiger partial charge in [-0.05, 0) is 69.2 Å². The van der Waals surface area contributed by atoms with Crippen LogP contribution in [0.5, 0.6) is 0 Å². The summed E-state index contributed by atoms with van der Waals surface area (Å²) < 4.78 is 63.8. The average Bonchev–Trinajstić information content (AvgIpc) is 3.59. The summed E-state index contributed by atoms with van der Waals surface area (Å²) >= 11 is 0. The monoisotopic (exact) mass is 705 g/mol. The van der Waals surface area contributed by atoms with Crippen LogP contribution in [-0.2, 0) is 14.3 Å². The zero-order chi connectivity index (χ0) is 36.2. The quantitative estimate of drug-likeness (QED) is 0.251. The molecular weight excluding hydrogens is 654 g/mol. The first-order valence-electron chi connectivity index (χ1n) is 18.2. The van der Waals surface area contributed by atoms with Crippen LogP contribution in [0.25, 0.3) is 0 Å². The minimum absolute atomic E-state index is 0.0848. The molecule has 5 rings (SSSR count). The van der Waals surface area contributed by atoms with E-state index >= 15 is 4.39 Å². The van der Waals surface area contributed by atoms with E-state index in [0.717, 1.165) is 75.2 Å². The Morgan fingerprint density at radius 2 is 1.56 bits per heavy atom. The van der Waals surface area contributed by atoms with Gasteiger partial charge in [-0.25, -0.2) is 4.39 Å². The summed E-state index contributed by atoms with van der Waals surface area (Å²) in [5, 5.41) is 10.1. The molecule has 13 heteroatoms. The van der Waals surface area contributed by atoms with Crippen molar-refractivity contribution >= 4 is 23.4 Å². The standard InChI is InChI=1S/C37H51F4N5O4/c1-22(2)46-30(17-18-42-46)34(47)44-33(32(25-11-7-5-8-12-25)26-13-9-6-10-14-26)35(48)43-29-16-15-27(19-28(29)38)24(4)36(49)45-20-23(3)50-21-31(45)37(39,40)41/h15-19,22-26,31-33H,5-14,20-21H2,1-4H3,(H,43,48)(H,44,47)/t23?,24-,31?,33-/m0/s1. The second kappa shape index (κ2) is 16.2. The smallest absolute Gasteiger partial charge is 0.374 e. The van der Waals surface area contributed by atoms with Crippen LogP contribution in [0, 0.1) is 23.6 Å². The Morgan fingerprint density at radius 1 is 0.940 bits per heavy atom. The molecule has 2 saturated carbocycles. The molecule has 3 fully saturated rings. The zero-order valence-electron chi connectivity index (χ0n) is 29.5. The molecule has 2 unspecified atom stereocenters. The van der Waals surface area contributed by atoms with Crippen molar-refractivity contribution in [2.45, 2.75) is 128 Å². The maximum absolute atomic E-state index is 15.8. The van der Waals surface area contributed by atoms with Crippen LogP contribution in [0.1, 0.15) is 120 Å². The lowest BCUT2D eigenvalue weighted by Gasteiger charge is -2.42. The van der Waals surface area contributed by atoms with Crippen LogP contribution in [-0.4, -0.2) is 69.9 Å². The van der Waals surface area contributed by atoms with Crippen LogP contribution in [0.4, 0.5) is 23.2 Å². The summed E-state index contributed by atoms with van der Waals surface area (Å²) in [4.78, 5) is 42.2. The van der Waals surface area contributed by atoms with Crippen molar-refractivity contribution in [1.29, 1.82) is 0 Å². The summed E-state index contributed by atoms with van der Waals surface area (Å²) in [6, 6.07) is 2.37. The van der Waals surface area contributed by atoms with E-state index in [2.05, 4.69) is 15.7 Å². The van der Waals surface area contributed by atoms with E-state index in [4.69, 9.17) is 4.74 Å². The molecule has 0 spiro atoms. The van der Waals surface area contributed by atoms with Gasteiger partial charge in [0.25, 0.3) is 5.91 Å². The number of rotatable bonds is 10. The molecule has 0 radical (unpaired) electrons. The number of nitrogens with one attached hydrogen (secondary N) is 2. The lowest BCUT2D eigenvalue weighted by molar-refractivity contribution is -0.221. The molecule has 3 amide bonds. The van der Waals surface area contributed by atoms with Crippen molar-refractivity contribution in [2.75, 3.05) is 18.5 Å². The molecule has 0 bridgehead atoms. The third-order valence-corrected chi connectivity index (χ3v) is 10.9. The molecule has 2 aliphatic carbocycles. The number of carbonyl (C=O) groups excluding carboxylic acids is 3. The Kier molecular flexibility index (Phi) is 12.3. The second-order valence-corrected chi connectivity index (χ2v) is 14.7. The molecular formula is C37H51F4N5O4. The molecule has 9 nitrogen and oxygen atoms in total. The first-order chi connectivity index (χ1) is 23.8. The topological polar surface area (TPSA) is 106 Å². The van der Waals surface area contributed by atoms with Crippen molar-refractivity contribution in [3.05, 3.63) is 47.5 Å². The van der Waals surface area contributed by atoms with Gasteiger partial charge >= 0.3 is 6.18 Å². The molecule has 1 aromatic heterocycles. The Bertz CT molecular complexity index is 1470. The Morgan fingerprint density at radius 3 is 2.12 bits per heavy atom. The lowest BCUT2D eigenvalue weighted by atomic mass is 9.66. The molecule has 2 aromatic rings. The van der Waals surface area contributed by atoms with E-state index in [1.165, 1.54) is 19.1 Å². The second-order valence-electron chi connectivity index (χ2n) is 14.7. The number of anilines is 1. The molecule has 2 heterocycles. The van der Waals surface area contributed by atoms with Gasteiger partial charge in [-0.3, -0.25) is 19.1 Å². The van der Waals surface area contributed by atoms with Crippen molar-refractivity contribution < 1.29 is 36.7 Å². The fraction of sp³-hybridized carbons (Fsp3) is 0.676. The fourth-order valence-electron chi connectivity index (χ4n) is 8.25. The van der Waals surface area contributed by atoms with E-state index in [1.807, 2.05) is 13.8 Å². The van der Waals surface area contributed by atoms with Gasteiger partial charge in [-0.15, -0.1) is 0 Å². The summed E-state index contributed by atoms with van der Waals surface area (Å²) in [5.41, 5.74) is 0.379. The number of hydrogen-bond acceptors (Lipinski definition) is 5. The lowest BCUT2D eigenvalue weighted by Crippen LogP contribution is -2.58.